The maximum atomic E-state index is 13.3. The first-order valence-electron chi connectivity index (χ1n) is 11.0. The number of thiophene rings is 1. The molecule has 0 saturated carbocycles. The monoisotopic (exact) mass is 464 g/mol. The topological polar surface area (TPSA) is 70.2 Å². The van der Waals surface area contributed by atoms with Crippen molar-refractivity contribution in [3.8, 4) is 11.1 Å². The van der Waals surface area contributed by atoms with E-state index in [0.717, 1.165) is 44.0 Å². The number of halogens is 1. The quantitative estimate of drug-likeness (QED) is 0.433. The first-order valence-corrected chi connectivity index (χ1v) is 11.9. The van der Waals surface area contributed by atoms with Crippen molar-refractivity contribution in [1.29, 1.82) is 0 Å². The Morgan fingerprint density at radius 2 is 1.88 bits per heavy atom. The van der Waals surface area contributed by atoms with Gasteiger partial charge in [0.2, 0.25) is 0 Å². The predicted octanol–water partition coefficient (Wildman–Crippen LogP) is 3.95. The summed E-state index contributed by atoms with van der Waals surface area (Å²) in [4.78, 5) is 23.7. The molecule has 6 nitrogen and oxygen atoms in total. The Bertz CT molecular complexity index is 1270. The van der Waals surface area contributed by atoms with E-state index in [0.29, 0.717) is 22.6 Å². The number of H-pyrrole nitrogens is 1. The van der Waals surface area contributed by atoms with Gasteiger partial charge >= 0.3 is 0 Å². The zero-order valence-corrected chi connectivity index (χ0v) is 18.9. The second kappa shape index (κ2) is 9.93. The van der Waals surface area contributed by atoms with Crippen LogP contribution in [0.25, 0.3) is 21.3 Å². The van der Waals surface area contributed by atoms with Crippen molar-refractivity contribution in [2.24, 2.45) is 0 Å². The zero-order valence-electron chi connectivity index (χ0n) is 18.1. The first-order chi connectivity index (χ1) is 16.2. The highest BCUT2D eigenvalue weighted by atomic mass is 32.1. The number of morpholine rings is 1. The fourth-order valence-electron chi connectivity index (χ4n) is 4.15. The van der Waals surface area contributed by atoms with Crippen LogP contribution in [0, 0.1) is 5.82 Å². The van der Waals surface area contributed by atoms with Crippen LogP contribution in [0.5, 0.6) is 0 Å². The number of nitrogens with one attached hydrogen (secondary N) is 2. The Hall–Kier alpha value is -2.91. The standard InChI is InChI=1S/C25H25FN4O2S/c26-19-8-6-17(7-9-19)20-16-33-25-23(20)24(31)28-22(29-25)14-27-21(18-4-2-1-3-5-18)15-30-10-12-32-13-11-30/h1-9,16,21,27H,10-15H2,(H,28,29,31). The van der Waals surface area contributed by atoms with Crippen LogP contribution in [0.1, 0.15) is 17.4 Å². The molecule has 1 aliphatic heterocycles. The SMILES string of the molecule is O=c1[nH]c(CNC(CN2CCOCC2)c2ccccc2)nc2scc(-c3ccc(F)cc3)c12. The molecule has 1 saturated heterocycles. The predicted molar refractivity (Wildman–Crippen MR) is 129 cm³/mol. The number of aromatic amines is 1. The largest absolute Gasteiger partial charge is 0.379 e. The summed E-state index contributed by atoms with van der Waals surface area (Å²) in [5.74, 6) is 0.298. The fraction of sp³-hybridized carbons (Fsp3) is 0.280. The molecule has 3 heterocycles. The lowest BCUT2D eigenvalue weighted by molar-refractivity contribution is 0.0333. The molecule has 0 amide bonds. The van der Waals surface area contributed by atoms with E-state index >= 15 is 0 Å². The Balaban J connectivity index is 1.37. The van der Waals surface area contributed by atoms with E-state index in [1.54, 1.807) is 12.1 Å². The molecule has 170 valence electrons. The van der Waals surface area contributed by atoms with E-state index < -0.39 is 0 Å². The minimum absolute atomic E-state index is 0.100. The van der Waals surface area contributed by atoms with Gasteiger partial charge in [0.25, 0.3) is 5.56 Å². The smallest absolute Gasteiger partial charge is 0.260 e. The van der Waals surface area contributed by atoms with Crippen molar-refractivity contribution in [2.45, 2.75) is 12.6 Å². The minimum atomic E-state index is -0.302. The normalized spacial score (nSPS) is 15.7. The molecule has 0 radical (unpaired) electrons. The molecule has 8 heteroatoms. The van der Waals surface area contributed by atoms with E-state index in [2.05, 4.69) is 27.3 Å². The van der Waals surface area contributed by atoms with Crippen molar-refractivity contribution in [1.82, 2.24) is 20.2 Å². The van der Waals surface area contributed by atoms with Gasteiger partial charge in [-0.15, -0.1) is 11.3 Å². The lowest BCUT2D eigenvalue weighted by Gasteiger charge is -2.31. The lowest BCUT2D eigenvalue weighted by atomic mass is 10.1. The summed E-state index contributed by atoms with van der Waals surface area (Å²) in [6.45, 7) is 4.62. The van der Waals surface area contributed by atoms with Gasteiger partial charge in [0.15, 0.2) is 0 Å². The Morgan fingerprint density at radius 1 is 1.12 bits per heavy atom. The Labute approximate surface area is 195 Å². The van der Waals surface area contributed by atoms with Gasteiger partial charge < -0.3 is 15.0 Å². The highest BCUT2D eigenvalue weighted by Crippen LogP contribution is 2.30. The molecule has 0 bridgehead atoms. The first kappa shape index (κ1) is 21.9. The van der Waals surface area contributed by atoms with Crippen LogP contribution in [0.3, 0.4) is 0 Å². The number of aromatic nitrogens is 2. The van der Waals surface area contributed by atoms with E-state index in [-0.39, 0.29) is 17.4 Å². The van der Waals surface area contributed by atoms with Gasteiger partial charge in [0.1, 0.15) is 16.5 Å². The van der Waals surface area contributed by atoms with Crippen LogP contribution in [0.15, 0.2) is 64.8 Å². The summed E-state index contributed by atoms with van der Waals surface area (Å²) in [5, 5.41) is 6.03. The van der Waals surface area contributed by atoms with Crippen LogP contribution in [0.4, 0.5) is 4.39 Å². The molecular weight excluding hydrogens is 439 g/mol. The number of hydrogen-bond donors (Lipinski definition) is 2. The number of rotatable bonds is 7. The molecule has 2 aromatic heterocycles. The zero-order chi connectivity index (χ0) is 22.6. The summed E-state index contributed by atoms with van der Waals surface area (Å²) in [6.07, 6.45) is 0. The molecule has 2 aromatic carbocycles. The molecule has 0 aliphatic carbocycles. The second-order valence-corrected chi connectivity index (χ2v) is 8.96. The van der Waals surface area contributed by atoms with E-state index in [4.69, 9.17) is 9.72 Å². The maximum absolute atomic E-state index is 13.3. The van der Waals surface area contributed by atoms with Gasteiger partial charge in [0, 0.05) is 36.6 Å². The van der Waals surface area contributed by atoms with E-state index in [1.165, 1.54) is 29.0 Å². The van der Waals surface area contributed by atoms with Gasteiger partial charge in [-0.2, -0.15) is 0 Å². The van der Waals surface area contributed by atoms with Crippen molar-refractivity contribution in [3.05, 3.63) is 87.5 Å². The average molecular weight is 465 g/mol. The molecule has 5 rings (SSSR count). The number of hydrogen-bond acceptors (Lipinski definition) is 6. The molecule has 33 heavy (non-hydrogen) atoms. The van der Waals surface area contributed by atoms with Crippen molar-refractivity contribution >= 4 is 21.6 Å². The fourth-order valence-corrected chi connectivity index (χ4v) is 5.12. The summed E-state index contributed by atoms with van der Waals surface area (Å²) >= 11 is 1.43. The molecule has 1 aliphatic rings. The summed E-state index contributed by atoms with van der Waals surface area (Å²) in [7, 11) is 0. The third kappa shape index (κ3) is 5.04. The lowest BCUT2D eigenvalue weighted by Crippen LogP contribution is -2.42. The number of ether oxygens (including phenoxy) is 1. The van der Waals surface area contributed by atoms with Crippen LogP contribution in [0.2, 0.25) is 0 Å². The molecule has 4 aromatic rings. The average Bonchev–Trinajstić information content (AvgIpc) is 3.28. The molecule has 1 fully saturated rings. The summed E-state index contributed by atoms with van der Waals surface area (Å²) < 4.78 is 18.8. The van der Waals surface area contributed by atoms with Crippen LogP contribution in [-0.2, 0) is 11.3 Å². The third-order valence-corrected chi connectivity index (χ3v) is 6.78. The number of fused-ring (bicyclic) bond motifs is 1. The molecule has 0 spiro atoms. The minimum Gasteiger partial charge on any atom is -0.379 e. The van der Waals surface area contributed by atoms with Gasteiger partial charge in [-0.1, -0.05) is 42.5 Å². The molecular formula is C25H25FN4O2S. The van der Waals surface area contributed by atoms with Crippen molar-refractivity contribution in [2.75, 3.05) is 32.8 Å². The molecule has 2 N–H and O–H groups in total. The highest BCUT2D eigenvalue weighted by Gasteiger charge is 2.19. The third-order valence-electron chi connectivity index (χ3n) is 5.91. The van der Waals surface area contributed by atoms with E-state index in [9.17, 15) is 9.18 Å². The van der Waals surface area contributed by atoms with Crippen molar-refractivity contribution in [3.63, 3.8) is 0 Å². The number of nitrogens with zero attached hydrogens (tertiary/aromatic N) is 2. The molecule has 1 atom stereocenters. The van der Waals surface area contributed by atoms with Gasteiger partial charge in [-0.05, 0) is 23.3 Å². The second-order valence-electron chi connectivity index (χ2n) is 8.11. The van der Waals surface area contributed by atoms with Gasteiger partial charge in [-0.25, -0.2) is 9.37 Å². The van der Waals surface area contributed by atoms with Crippen molar-refractivity contribution < 1.29 is 9.13 Å². The van der Waals surface area contributed by atoms with Crippen LogP contribution < -0.4 is 10.9 Å². The molecule has 1 unspecified atom stereocenters. The Kier molecular flexibility index (Phi) is 6.59. The maximum Gasteiger partial charge on any atom is 0.260 e. The Morgan fingerprint density at radius 3 is 2.64 bits per heavy atom. The van der Waals surface area contributed by atoms with Gasteiger partial charge in [0.05, 0.1) is 25.1 Å². The van der Waals surface area contributed by atoms with Crippen LogP contribution >= 0.6 is 11.3 Å². The highest BCUT2D eigenvalue weighted by molar-refractivity contribution is 7.17. The van der Waals surface area contributed by atoms with Crippen LogP contribution in [-0.4, -0.2) is 47.7 Å². The summed E-state index contributed by atoms with van der Waals surface area (Å²) in [6, 6.07) is 16.6. The number of benzene rings is 2. The summed E-state index contributed by atoms with van der Waals surface area (Å²) in [5.41, 5.74) is 2.59. The van der Waals surface area contributed by atoms with E-state index in [1.807, 2.05) is 23.6 Å². The van der Waals surface area contributed by atoms with Gasteiger partial charge in [-0.3, -0.25) is 9.69 Å².